The molecule has 0 unspecified atom stereocenters. The van der Waals surface area contributed by atoms with Crippen molar-refractivity contribution in [2.45, 2.75) is 32.3 Å². The van der Waals surface area contributed by atoms with Gasteiger partial charge in [-0.25, -0.2) is 18.7 Å². The van der Waals surface area contributed by atoms with E-state index >= 15 is 0 Å². The lowest BCUT2D eigenvalue weighted by molar-refractivity contribution is -0.240. The normalized spacial score (nSPS) is 16.4. The van der Waals surface area contributed by atoms with Gasteiger partial charge in [0.2, 0.25) is 0 Å². The number of anilines is 1. The fourth-order valence-electron chi connectivity index (χ4n) is 3.43. The van der Waals surface area contributed by atoms with Crippen molar-refractivity contribution in [2.24, 2.45) is 0 Å². The van der Waals surface area contributed by atoms with E-state index in [2.05, 4.69) is 14.8 Å². The highest BCUT2D eigenvalue weighted by Crippen LogP contribution is 2.36. The number of ether oxygens (including phenoxy) is 1. The predicted molar refractivity (Wildman–Crippen MR) is 103 cm³/mol. The molecule has 0 amide bonds. The van der Waals surface area contributed by atoms with Crippen molar-refractivity contribution in [1.29, 1.82) is 0 Å². The van der Waals surface area contributed by atoms with Crippen molar-refractivity contribution in [3.05, 3.63) is 58.3 Å². The number of aryl methyl sites for hydroxylation is 1. The fourth-order valence-corrected chi connectivity index (χ4v) is 3.43. The van der Waals surface area contributed by atoms with E-state index < -0.39 is 54.1 Å². The van der Waals surface area contributed by atoms with Crippen molar-refractivity contribution in [3.8, 4) is 5.82 Å². The van der Waals surface area contributed by atoms with Crippen molar-refractivity contribution in [2.75, 3.05) is 24.6 Å². The SMILES string of the molecule is CCn1cc(Cn2ccn(-c3nc(N4CCOC(F)(F)C4)cc(C(F)(F)F)c3F)c2=O)cn1. The molecule has 1 saturated heterocycles. The predicted octanol–water partition coefficient (Wildman–Crippen LogP) is 2.89. The number of hydrogen-bond donors (Lipinski definition) is 0. The van der Waals surface area contributed by atoms with Crippen LogP contribution in [0.4, 0.5) is 32.2 Å². The van der Waals surface area contributed by atoms with E-state index in [1.807, 2.05) is 6.92 Å². The zero-order chi connectivity index (χ0) is 24.0. The molecule has 0 aliphatic carbocycles. The number of aromatic nitrogens is 5. The Morgan fingerprint density at radius 3 is 2.64 bits per heavy atom. The van der Waals surface area contributed by atoms with Gasteiger partial charge in [0.1, 0.15) is 12.4 Å². The summed E-state index contributed by atoms with van der Waals surface area (Å²) in [5.74, 6) is -3.28. The highest BCUT2D eigenvalue weighted by Gasteiger charge is 2.40. The summed E-state index contributed by atoms with van der Waals surface area (Å²) in [7, 11) is 0. The van der Waals surface area contributed by atoms with E-state index in [1.54, 1.807) is 10.9 Å². The van der Waals surface area contributed by atoms with Crippen LogP contribution in [0.3, 0.4) is 0 Å². The minimum absolute atomic E-state index is 0.0367. The third-order valence-corrected chi connectivity index (χ3v) is 5.04. The number of rotatable bonds is 5. The smallest absolute Gasteiger partial charge is 0.345 e. The maximum Gasteiger partial charge on any atom is 0.419 e. The van der Waals surface area contributed by atoms with Crippen molar-refractivity contribution >= 4 is 5.82 Å². The van der Waals surface area contributed by atoms with Crippen LogP contribution in [0.15, 0.2) is 35.6 Å². The lowest BCUT2D eigenvalue weighted by Crippen LogP contribution is -2.47. The molecule has 0 saturated carbocycles. The van der Waals surface area contributed by atoms with E-state index in [0.29, 0.717) is 22.7 Å². The molecule has 0 N–H and O–H groups in total. The average molecular weight is 476 g/mol. The Hall–Kier alpha value is -3.29. The highest BCUT2D eigenvalue weighted by atomic mass is 19.4. The standard InChI is InChI=1S/C19H18F6N6O2/c1-2-30-10-12(8-26-30)9-28-3-4-31(17(28)32)16-15(20)13(19(23,24)25)7-14(27-16)29-5-6-33-18(21,22)11-29/h3-4,7-8,10H,2,5-6,9,11H2,1H3. The van der Waals surface area contributed by atoms with Gasteiger partial charge in [-0.05, 0) is 13.0 Å². The summed E-state index contributed by atoms with van der Waals surface area (Å²) in [6.45, 7) is 0.767. The number of alkyl halides is 5. The van der Waals surface area contributed by atoms with Gasteiger partial charge in [0.25, 0.3) is 0 Å². The molecule has 14 heteroatoms. The Kier molecular flexibility index (Phi) is 5.72. The van der Waals surface area contributed by atoms with E-state index in [1.165, 1.54) is 12.4 Å². The molecule has 0 atom stereocenters. The molecule has 0 aromatic carbocycles. The molecule has 4 rings (SSSR count). The Balaban J connectivity index is 1.77. The highest BCUT2D eigenvalue weighted by molar-refractivity contribution is 5.49. The number of nitrogens with zero attached hydrogens (tertiary/aromatic N) is 6. The van der Waals surface area contributed by atoms with Crippen LogP contribution in [0, 0.1) is 5.82 Å². The zero-order valence-electron chi connectivity index (χ0n) is 17.2. The third kappa shape index (κ3) is 4.60. The van der Waals surface area contributed by atoms with Crippen molar-refractivity contribution in [1.82, 2.24) is 23.9 Å². The van der Waals surface area contributed by atoms with Crippen LogP contribution in [0.2, 0.25) is 0 Å². The van der Waals surface area contributed by atoms with E-state index in [4.69, 9.17) is 0 Å². The molecule has 1 aliphatic rings. The summed E-state index contributed by atoms with van der Waals surface area (Å²) >= 11 is 0. The Morgan fingerprint density at radius 1 is 1.24 bits per heavy atom. The first-order chi connectivity index (χ1) is 15.5. The van der Waals surface area contributed by atoms with Gasteiger partial charge in [0, 0.05) is 37.2 Å². The van der Waals surface area contributed by atoms with Crippen LogP contribution in [0.1, 0.15) is 18.1 Å². The van der Waals surface area contributed by atoms with E-state index in [-0.39, 0.29) is 13.1 Å². The molecule has 0 spiro atoms. The molecular weight excluding hydrogens is 458 g/mol. The molecule has 8 nitrogen and oxygen atoms in total. The first kappa shape index (κ1) is 22.9. The molecule has 1 fully saturated rings. The molecule has 4 heterocycles. The molecule has 178 valence electrons. The zero-order valence-corrected chi connectivity index (χ0v) is 17.2. The van der Waals surface area contributed by atoms with Gasteiger partial charge in [0.15, 0.2) is 11.6 Å². The van der Waals surface area contributed by atoms with Crippen molar-refractivity contribution < 1.29 is 31.1 Å². The Morgan fingerprint density at radius 2 is 2.00 bits per heavy atom. The molecule has 3 aromatic rings. The molecular formula is C19H18F6N6O2. The number of morpholine rings is 1. The molecule has 3 aromatic heterocycles. The van der Waals surface area contributed by atoms with Gasteiger partial charge < -0.3 is 9.64 Å². The largest absolute Gasteiger partial charge is 0.419 e. The average Bonchev–Trinajstić information content (AvgIpc) is 3.34. The number of imidazole rings is 1. The summed E-state index contributed by atoms with van der Waals surface area (Å²) in [4.78, 5) is 17.5. The van der Waals surface area contributed by atoms with Gasteiger partial charge in [0.05, 0.1) is 24.9 Å². The van der Waals surface area contributed by atoms with E-state index in [9.17, 15) is 31.1 Å². The van der Waals surface area contributed by atoms with Crippen LogP contribution in [-0.4, -0.2) is 49.7 Å². The summed E-state index contributed by atoms with van der Waals surface area (Å²) in [6.07, 6.45) is -3.23. The second kappa shape index (κ2) is 8.24. The maximum absolute atomic E-state index is 14.9. The number of pyridine rings is 1. The molecule has 1 aliphatic heterocycles. The van der Waals surface area contributed by atoms with Crippen LogP contribution in [-0.2, 0) is 24.0 Å². The first-order valence-electron chi connectivity index (χ1n) is 9.82. The quantitative estimate of drug-likeness (QED) is 0.530. The van der Waals surface area contributed by atoms with Crippen LogP contribution < -0.4 is 10.6 Å². The van der Waals surface area contributed by atoms with E-state index in [0.717, 1.165) is 15.7 Å². The topological polar surface area (TPSA) is 70.1 Å². The van der Waals surface area contributed by atoms with Gasteiger partial charge in [-0.2, -0.15) is 27.1 Å². The van der Waals surface area contributed by atoms with Crippen LogP contribution in [0.5, 0.6) is 0 Å². The van der Waals surface area contributed by atoms with Gasteiger partial charge in [-0.15, -0.1) is 0 Å². The summed E-state index contributed by atoms with van der Waals surface area (Å²) in [5.41, 5.74) is -1.94. The minimum atomic E-state index is -5.15. The second-order valence-corrected chi connectivity index (χ2v) is 7.35. The van der Waals surface area contributed by atoms with Gasteiger partial charge in [-0.3, -0.25) is 9.25 Å². The lowest BCUT2D eigenvalue weighted by atomic mass is 10.2. The lowest BCUT2D eigenvalue weighted by Gasteiger charge is -2.33. The third-order valence-electron chi connectivity index (χ3n) is 5.04. The summed E-state index contributed by atoms with van der Waals surface area (Å²) in [6, 6.07) is 0.349. The second-order valence-electron chi connectivity index (χ2n) is 7.35. The van der Waals surface area contributed by atoms with Gasteiger partial charge in [-0.1, -0.05) is 0 Å². The van der Waals surface area contributed by atoms with Crippen LogP contribution in [0.25, 0.3) is 5.82 Å². The maximum atomic E-state index is 14.9. The first-order valence-corrected chi connectivity index (χ1v) is 9.82. The number of halogens is 6. The number of hydrogen-bond acceptors (Lipinski definition) is 5. The summed E-state index contributed by atoms with van der Waals surface area (Å²) in [5, 5.41) is 4.07. The molecule has 0 radical (unpaired) electrons. The summed E-state index contributed by atoms with van der Waals surface area (Å²) < 4.78 is 90.3. The van der Waals surface area contributed by atoms with Crippen molar-refractivity contribution in [3.63, 3.8) is 0 Å². The monoisotopic (exact) mass is 476 g/mol. The Bertz CT molecular complexity index is 1210. The van der Waals surface area contributed by atoms with Crippen LogP contribution >= 0.6 is 0 Å². The minimum Gasteiger partial charge on any atom is -0.345 e. The Labute approximate surface area is 182 Å². The van der Waals surface area contributed by atoms with Gasteiger partial charge >= 0.3 is 18.0 Å². The fraction of sp³-hybridized carbons (Fsp3) is 0.421. The molecule has 33 heavy (non-hydrogen) atoms. The molecule has 0 bridgehead atoms.